The number of carbonyl (C=O) groups is 1. The smallest absolute Gasteiger partial charge is 0.291 e. The summed E-state index contributed by atoms with van der Waals surface area (Å²) in [7, 11) is 1.41. The first kappa shape index (κ1) is 21.2. The second-order valence-corrected chi connectivity index (χ2v) is 8.54. The predicted molar refractivity (Wildman–Crippen MR) is 123 cm³/mol. The van der Waals surface area contributed by atoms with E-state index in [0.29, 0.717) is 26.6 Å². The van der Waals surface area contributed by atoms with Crippen LogP contribution >= 0.6 is 15.9 Å². The number of nitrogens with zero attached hydrogens (tertiary/aromatic N) is 1. The van der Waals surface area contributed by atoms with Gasteiger partial charge in [0.05, 0.1) is 28.6 Å². The Morgan fingerprint density at radius 2 is 1.85 bits per heavy atom. The number of amides is 1. The predicted octanol–water partition coefficient (Wildman–Crippen LogP) is 5.15. The van der Waals surface area contributed by atoms with E-state index >= 15 is 0 Å². The van der Waals surface area contributed by atoms with Gasteiger partial charge in [0.2, 0.25) is 5.76 Å². The van der Waals surface area contributed by atoms with Gasteiger partial charge in [0.25, 0.3) is 5.91 Å². The molecule has 1 N–H and O–H groups in total. The number of methoxy groups -OCH3 is 1. The molecule has 1 aliphatic heterocycles. The Balaban J connectivity index is 1.75. The molecule has 6 nitrogen and oxygen atoms in total. The quantitative estimate of drug-likeness (QED) is 0.411. The van der Waals surface area contributed by atoms with Gasteiger partial charge in [-0.25, -0.2) is 4.39 Å². The van der Waals surface area contributed by atoms with Crippen LogP contribution < -0.4 is 10.2 Å². The van der Waals surface area contributed by atoms with Crippen LogP contribution in [0.5, 0.6) is 11.5 Å². The summed E-state index contributed by atoms with van der Waals surface area (Å²) < 4.78 is 25.0. The minimum absolute atomic E-state index is 0.0334. The molecule has 0 aliphatic carbocycles. The third-order valence-corrected chi connectivity index (χ3v) is 6.33. The molecule has 1 aromatic heterocycles. The maximum atomic E-state index is 13.5. The molecule has 166 valence electrons. The number of phenols is 1. The van der Waals surface area contributed by atoms with Gasteiger partial charge in [-0.1, -0.05) is 24.3 Å². The summed E-state index contributed by atoms with van der Waals surface area (Å²) in [5, 5.41) is 10.6. The maximum Gasteiger partial charge on any atom is 0.291 e. The van der Waals surface area contributed by atoms with Crippen LogP contribution in [0.2, 0.25) is 0 Å². The fourth-order valence-electron chi connectivity index (χ4n) is 4.17. The highest BCUT2D eigenvalue weighted by molar-refractivity contribution is 9.10. The van der Waals surface area contributed by atoms with Crippen molar-refractivity contribution in [3.05, 3.63) is 104 Å². The second kappa shape index (κ2) is 8.04. The molecule has 8 heteroatoms. The highest BCUT2D eigenvalue weighted by Gasteiger charge is 2.43. The molecule has 0 saturated carbocycles. The van der Waals surface area contributed by atoms with Crippen molar-refractivity contribution in [3.8, 4) is 11.5 Å². The van der Waals surface area contributed by atoms with Gasteiger partial charge in [-0.15, -0.1) is 0 Å². The van der Waals surface area contributed by atoms with Gasteiger partial charge in [0.1, 0.15) is 11.4 Å². The van der Waals surface area contributed by atoms with Gasteiger partial charge in [0, 0.05) is 6.54 Å². The highest BCUT2D eigenvalue weighted by Crippen LogP contribution is 2.44. The SMILES string of the molecule is COc1cc([C@H]2c3c(oc4ccccc4c3=O)C(=O)N2Cc2ccc(F)cc2)cc(Br)c1O. The summed E-state index contributed by atoms with van der Waals surface area (Å²) in [6, 6.07) is 15.0. The van der Waals surface area contributed by atoms with Gasteiger partial charge >= 0.3 is 0 Å². The zero-order chi connectivity index (χ0) is 23.3. The Labute approximate surface area is 196 Å². The van der Waals surface area contributed by atoms with Crippen LogP contribution in [-0.4, -0.2) is 23.0 Å². The Bertz CT molecular complexity index is 1460. The van der Waals surface area contributed by atoms with Gasteiger partial charge in [-0.2, -0.15) is 0 Å². The fourth-order valence-corrected chi connectivity index (χ4v) is 4.63. The highest BCUT2D eigenvalue weighted by atomic mass is 79.9. The first-order valence-electron chi connectivity index (χ1n) is 10.1. The monoisotopic (exact) mass is 509 g/mol. The lowest BCUT2D eigenvalue weighted by atomic mass is 9.97. The number of fused-ring (bicyclic) bond motifs is 2. The second-order valence-electron chi connectivity index (χ2n) is 7.69. The van der Waals surface area contributed by atoms with E-state index in [1.807, 2.05) is 0 Å². The van der Waals surface area contributed by atoms with E-state index in [0.717, 1.165) is 0 Å². The van der Waals surface area contributed by atoms with Crippen LogP contribution in [0.4, 0.5) is 4.39 Å². The third-order valence-electron chi connectivity index (χ3n) is 5.73. The fraction of sp³-hybridized carbons (Fsp3) is 0.120. The third kappa shape index (κ3) is 3.47. The summed E-state index contributed by atoms with van der Waals surface area (Å²) in [6.45, 7) is 0.116. The molecular weight excluding hydrogens is 493 g/mol. The number of benzene rings is 3. The molecule has 1 atom stereocenters. The van der Waals surface area contributed by atoms with E-state index in [9.17, 15) is 19.1 Å². The first-order valence-corrected chi connectivity index (χ1v) is 10.9. The van der Waals surface area contributed by atoms with Crippen LogP contribution in [0, 0.1) is 5.82 Å². The lowest BCUT2D eigenvalue weighted by molar-refractivity contribution is 0.0714. The van der Waals surface area contributed by atoms with E-state index < -0.39 is 11.9 Å². The van der Waals surface area contributed by atoms with E-state index in [-0.39, 0.29) is 40.6 Å². The molecule has 0 unspecified atom stereocenters. The largest absolute Gasteiger partial charge is 0.503 e. The number of aromatic hydroxyl groups is 1. The van der Waals surface area contributed by atoms with Crippen LogP contribution in [0.3, 0.4) is 0 Å². The maximum absolute atomic E-state index is 13.5. The molecule has 0 radical (unpaired) electrons. The van der Waals surface area contributed by atoms with Crippen molar-refractivity contribution in [3.63, 3.8) is 0 Å². The van der Waals surface area contributed by atoms with Gasteiger partial charge < -0.3 is 19.2 Å². The lowest BCUT2D eigenvalue weighted by Crippen LogP contribution is -2.29. The van der Waals surface area contributed by atoms with Crippen LogP contribution in [-0.2, 0) is 6.54 Å². The number of hydrogen-bond donors (Lipinski definition) is 1. The molecule has 0 saturated heterocycles. The van der Waals surface area contributed by atoms with Crippen LogP contribution in [0.1, 0.15) is 33.3 Å². The molecule has 0 fully saturated rings. The van der Waals surface area contributed by atoms with Crippen molar-refractivity contribution in [2.24, 2.45) is 0 Å². The average Bonchev–Trinajstić information content (AvgIpc) is 3.09. The number of rotatable bonds is 4. The lowest BCUT2D eigenvalue weighted by Gasteiger charge is -2.26. The number of hydrogen-bond acceptors (Lipinski definition) is 5. The van der Waals surface area contributed by atoms with E-state index in [1.165, 1.54) is 24.1 Å². The van der Waals surface area contributed by atoms with Crippen molar-refractivity contribution in [1.82, 2.24) is 4.90 Å². The summed E-state index contributed by atoms with van der Waals surface area (Å²) >= 11 is 3.32. The van der Waals surface area contributed by atoms with Crippen molar-refractivity contribution in [2.75, 3.05) is 7.11 Å². The van der Waals surface area contributed by atoms with Crippen molar-refractivity contribution >= 4 is 32.8 Å². The Morgan fingerprint density at radius 1 is 1.12 bits per heavy atom. The minimum atomic E-state index is -0.802. The number of carbonyl (C=O) groups excluding carboxylic acids is 1. The molecule has 2 heterocycles. The Morgan fingerprint density at radius 3 is 2.58 bits per heavy atom. The Hall–Kier alpha value is -3.65. The van der Waals surface area contributed by atoms with E-state index in [2.05, 4.69) is 15.9 Å². The zero-order valence-corrected chi connectivity index (χ0v) is 18.9. The van der Waals surface area contributed by atoms with Crippen molar-refractivity contribution in [2.45, 2.75) is 12.6 Å². The molecule has 0 spiro atoms. The summed E-state index contributed by atoms with van der Waals surface area (Å²) in [5.41, 5.74) is 1.45. The first-order chi connectivity index (χ1) is 15.9. The van der Waals surface area contributed by atoms with Gasteiger partial charge in [-0.05, 0) is 63.5 Å². The molecular formula is C25H17BrFNO5. The Kier molecular flexibility index (Phi) is 5.17. The zero-order valence-electron chi connectivity index (χ0n) is 17.3. The molecule has 5 rings (SSSR count). The molecule has 3 aromatic carbocycles. The summed E-state index contributed by atoms with van der Waals surface area (Å²) in [5.74, 6) is -0.783. The summed E-state index contributed by atoms with van der Waals surface area (Å²) in [4.78, 5) is 28.5. The molecule has 1 aliphatic rings. The van der Waals surface area contributed by atoms with Crippen LogP contribution in [0.15, 0.2) is 74.3 Å². The van der Waals surface area contributed by atoms with E-state index in [1.54, 1.807) is 48.5 Å². The van der Waals surface area contributed by atoms with Gasteiger partial charge in [0.15, 0.2) is 16.9 Å². The van der Waals surface area contributed by atoms with Crippen LogP contribution in [0.25, 0.3) is 11.0 Å². The van der Waals surface area contributed by atoms with Crippen molar-refractivity contribution < 1.29 is 23.4 Å². The molecule has 1 amide bonds. The molecule has 4 aromatic rings. The normalized spacial score (nSPS) is 15.2. The number of para-hydroxylation sites is 1. The minimum Gasteiger partial charge on any atom is -0.503 e. The molecule has 33 heavy (non-hydrogen) atoms. The number of phenolic OH excluding ortho intramolecular Hbond substituents is 1. The van der Waals surface area contributed by atoms with Gasteiger partial charge in [-0.3, -0.25) is 9.59 Å². The number of halogens is 2. The topological polar surface area (TPSA) is 80.0 Å². The van der Waals surface area contributed by atoms with E-state index in [4.69, 9.17) is 9.15 Å². The summed E-state index contributed by atoms with van der Waals surface area (Å²) in [6.07, 6.45) is 0. The van der Waals surface area contributed by atoms with Crippen molar-refractivity contribution in [1.29, 1.82) is 0 Å². The standard InChI is InChI=1S/C25H17BrFNO5/c1-32-19-11-14(10-17(26)23(19)30)21-20-22(29)16-4-2-3-5-18(16)33-24(20)25(31)28(21)12-13-6-8-15(27)9-7-13/h2-11,21,30H,12H2,1H3/t21-/m0/s1. The molecule has 0 bridgehead atoms. The number of ether oxygens (including phenoxy) is 1. The average molecular weight is 510 g/mol.